The van der Waals surface area contributed by atoms with E-state index in [4.69, 9.17) is 4.74 Å². The highest BCUT2D eigenvalue weighted by atomic mass is 16.5. The molecule has 0 saturated carbocycles. The largest absolute Gasteiger partial charge is 0.481 e. The van der Waals surface area contributed by atoms with Gasteiger partial charge in [-0.25, -0.2) is 0 Å². The maximum absolute atomic E-state index is 11.8. The van der Waals surface area contributed by atoms with Gasteiger partial charge in [-0.15, -0.1) is 0 Å². The summed E-state index contributed by atoms with van der Waals surface area (Å²) in [6.45, 7) is 4.80. The van der Waals surface area contributed by atoms with Gasteiger partial charge in [0.25, 0.3) is 0 Å². The Hall–Kier alpha value is -1.09. The highest BCUT2D eigenvalue weighted by molar-refractivity contribution is 5.78. The third-order valence-electron chi connectivity index (χ3n) is 4.06. The Kier molecular flexibility index (Phi) is 6.29. The Balaban J connectivity index is 3.00. The van der Waals surface area contributed by atoms with Crippen molar-refractivity contribution < 1.29 is 14.6 Å². The molecule has 0 aromatic carbocycles. The van der Waals surface area contributed by atoms with E-state index in [1.54, 1.807) is 7.11 Å². The smallest absolute Gasteiger partial charge is 0.314 e. The normalized spacial score (nSPS) is 26.3. The van der Waals surface area contributed by atoms with E-state index in [0.717, 1.165) is 25.7 Å². The molecule has 0 saturated heterocycles. The Morgan fingerprint density at radius 3 is 2.74 bits per heavy atom. The van der Waals surface area contributed by atoms with E-state index in [1.165, 1.54) is 5.57 Å². The predicted molar refractivity (Wildman–Crippen MR) is 77.1 cm³/mol. The number of rotatable bonds is 8. The SMILES string of the molecule is CCCCC1(C(=O)O)C=CC(CC)=CC1CCOC. The number of hydrogen-bond donors (Lipinski definition) is 1. The summed E-state index contributed by atoms with van der Waals surface area (Å²) in [5.41, 5.74) is 0.488. The van der Waals surface area contributed by atoms with Crippen LogP contribution in [0.5, 0.6) is 0 Å². The number of methoxy groups -OCH3 is 1. The molecule has 1 aliphatic rings. The summed E-state index contributed by atoms with van der Waals surface area (Å²) in [5, 5.41) is 9.72. The first-order valence-electron chi connectivity index (χ1n) is 7.23. The summed E-state index contributed by atoms with van der Waals surface area (Å²) >= 11 is 0. The number of aliphatic carboxylic acids is 1. The number of carboxylic acid groups (broad SMARTS) is 1. The zero-order valence-corrected chi connectivity index (χ0v) is 12.3. The lowest BCUT2D eigenvalue weighted by molar-refractivity contribution is -0.149. The topological polar surface area (TPSA) is 46.5 Å². The van der Waals surface area contributed by atoms with Crippen molar-refractivity contribution in [2.24, 2.45) is 11.3 Å². The van der Waals surface area contributed by atoms with E-state index in [-0.39, 0.29) is 5.92 Å². The van der Waals surface area contributed by atoms with Gasteiger partial charge in [-0.2, -0.15) is 0 Å². The Labute approximate surface area is 116 Å². The van der Waals surface area contributed by atoms with Crippen molar-refractivity contribution in [1.82, 2.24) is 0 Å². The molecule has 1 N–H and O–H groups in total. The lowest BCUT2D eigenvalue weighted by atomic mass is 9.67. The summed E-state index contributed by atoms with van der Waals surface area (Å²) in [7, 11) is 1.66. The minimum Gasteiger partial charge on any atom is -0.481 e. The van der Waals surface area contributed by atoms with Crippen LogP contribution in [0.25, 0.3) is 0 Å². The second kappa shape index (κ2) is 7.49. The van der Waals surface area contributed by atoms with Crippen molar-refractivity contribution >= 4 is 5.97 Å². The summed E-state index contributed by atoms with van der Waals surface area (Å²) in [6.07, 6.45) is 10.4. The fourth-order valence-electron chi connectivity index (χ4n) is 2.74. The Morgan fingerprint density at radius 1 is 1.47 bits per heavy atom. The number of unbranched alkanes of at least 4 members (excludes halogenated alkanes) is 1. The molecule has 2 unspecified atom stereocenters. The molecule has 0 aromatic rings. The predicted octanol–water partition coefficient (Wildman–Crippen LogP) is 3.81. The maximum Gasteiger partial charge on any atom is 0.314 e. The molecule has 19 heavy (non-hydrogen) atoms. The van der Waals surface area contributed by atoms with Gasteiger partial charge in [0.1, 0.15) is 0 Å². The number of hydrogen-bond acceptors (Lipinski definition) is 2. The zero-order valence-electron chi connectivity index (χ0n) is 12.3. The summed E-state index contributed by atoms with van der Waals surface area (Å²) in [6, 6.07) is 0. The van der Waals surface area contributed by atoms with Crippen LogP contribution in [-0.4, -0.2) is 24.8 Å². The molecule has 0 aromatic heterocycles. The standard InChI is InChI=1S/C16H26O3/c1-4-6-9-16(15(17)18)10-7-13(5-2)12-14(16)8-11-19-3/h7,10,12,14H,4-6,8-9,11H2,1-3H3,(H,17,18). The number of carboxylic acids is 1. The Morgan fingerprint density at radius 2 is 2.21 bits per heavy atom. The van der Waals surface area contributed by atoms with Crippen LogP contribution < -0.4 is 0 Å². The number of ether oxygens (including phenoxy) is 1. The molecule has 1 rings (SSSR count). The van der Waals surface area contributed by atoms with Crippen LogP contribution in [0.2, 0.25) is 0 Å². The Bertz CT molecular complexity index is 357. The van der Waals surface area contributed by atoms with Crippen molar-refractivity contribution in [3.8, 4) is 0 Å². The van der Waals surface area contributed by atoms with Gasteiger partial charge in [-0.05, 0) is 25.2 Å². The van der Waals surface area contributed by atoms with Gasteiger partial charge in [0, 0.05) is 13.7 Å². The van der Waals surface area contributed by atoms with Crippen LogP contribution in [0.1, 0.15) is 46.0 Å². The van der Waals surface area contributed by atoms with Crippen LogP contribution in [0.3, 0.4) is 0 Å². The minimum atomic E-state index is -0.743. The second-order valence-corrected chi connectivity index (χ2v) is 5.27. The fraction of sp³-hybridized carbons (Fsp3) is 0.688. The summed E-state index contributed by atoms with van der Waals surface area (Å²) < 4.78 is 5.14. The molecule has 0 spiro atoms. The van der Waals surface area contributed by atoms with E-state index < -0.39 is 11.4 Å². The first-order chi connectivity index (χ1) is 9.10. The molecule has 108 valence electrons. The van der Waals surface area contributed by atoms with Crippen LogP contribution in [0.4, 0.5) is 0 Å². The quantitative estimate of drug-likeness (QED) is 0.726. The lowest BCUT2D eigenvalue weighted by Crippen LogP contribution is -2.38. The van der Waals surface area contributed by atoms with Gasteiger partial charge in [0.15, 0.2) is 0 Å². The molecule has 0 bridgehead atoms. The van der Waals surface area contributed by atoms with Crippen LogP contribution in [-0.2, 0) is 9.53 Å². The van der Waals surface area contributed by atoms with E-state index in [2.05, 4.69) is 19.9 Å². The van der Waals surface area contributed by atoms with Crippen molar-refractivity contribution in [3.05, 3.63) is 23.8 Å². The molecule has 0 amide bonds. The van der Waals surface area contributed by atoms with Gasteiger partial charge in [0.05, 0.1) is 5.41 Å². The molecule has 2 atom stereocenters. The number of carbonyl (C=O) groups is 1. The van der Waals surface area contributed by atoms with Crippen molar-refractivity contribution in [2.75, 3.05) is 13.7 Å². The zero-order chi connectivity index (χ0) is 14.3. The molecular formula is C16H26O3. The summed E-state index contributed by atoms with van der Waals surface area (Å²) in [5.74, 6) is -0.666. The fourth-order valence-corrected chi connectivity index (χ4v) is 2.74. The van der Waals surface area contributed by atoms with Crippen LogP contribution in [0.15, 0.2) is 23.8 Å². The monoisotopic (exact) mass is 266 g/mol. The van der Waals surface area contributed by atoms with Crippen LogP contribution in [0, 0.1) is 11.3 Å². The second-order valence-electron chi connectivity index (χ2n) is 5.27. The van der Waals surface area contributed by atoms with Crippen molar-refractivity contribution in [1.29, 1.82) is 0 Å². The van der Waals surface area contributed by atoms with Crippen LogP contribution >= 0.6 is 0 Å². The minimum absolute atomic E-state index is 0.0384. The van der Waals surface area contributed by atoms with Gasteiger partial charge in [0.2, 0.25) is 0 Å². The third kappa shape index (κ3) is 3.69. The first-order valence-corrected chi connectivity index (χ1v) is 7.23. The molecule has 0 fully saturated rings. The molecule has 3 heteroatoms. The lowest BCUT2D eigenvalue weighted by Gasteiger charge is -2.36. The van der Waals surface area contributed by atoms with Crippen molar-refractivity contribution in [3.63, 3.8) is 0 Å². The number of allylic oxidation sites excluding steroid dienone is 3. The van der Waals surface area contributed by atoms with E-state index in [9.17, 15) is 9.90 Å². The highest BCUT2D eigenvalue weighted by Gasteiger charge is 2.43. The van der Waals surface area contributed by atoms with Gasteiger partial charge in [-0.1, -0.05) is 50.5 Å². The average Bonchev–Trinajstić information content (AvgIpc) is 2.42. The molecule has 0 radical (unpaired) electrons. The van der Waals surface area contributed by atoms with Gasteiger partial charge >= 0.3 is 5.97 Å². The molecule has 0 aliphatic heterocycles. The highest BCUT2D eigenvalue weighted by Crippen LogP contribution is 2.42. The van der Waals surface area contributed by atoms with E-state index in [1.807, 2.05) is 12.2 Å². The molecule has 3 nitrogen and oxygen atoms in total. The third-order valence-corrected chi connectivity index (χ3v) is 4.06. The molecule has 1 aliphatic carbocycles. The summed E-state index contributed by atoms with van der Waals surface area (Å²) in [4.78, 5) is 11.8. The van der Waals surface area contributed by atoms with Crippen molar-refractivity contribution in [2.45, 2.75) is 46.0 Å². The molecule has 0 heterocycles. The van der Waals surface area contributed by atoms with E-state index >= 15 is 0 Å². The average molecular weight is 266 g/mol. The van der Waals surface area contributed by atoms with E-state index in [0.29, 0.717) is 13.0 Å². The van der Waals surface area contributed by atoms with Gasteiger partial charge < -0.3 is 9.84 Å². The first kappa shape index (κ1) is 16.0. The molecular weight excluding hydrogens is 240 g/mol. The van der Waals surface area contributed by atoms with Gasteiger partial charge in [-0.3, -0.25) is 4.79 Å². The maximum atomic E-state index is 11.8.